The van der Waals surface area contributed by atoms with E-state index < -0.39 is 0 Å². The van der Waals surface area contributed by atoms with Gasteiger partial charge in [0, 0.05) is 24.8 Å². The number of rotatable bonds is 6. The van der Waals surface area contributed by atoms with Crippen LogP contribution in [-0.4, -0.2) is 41.7 Å². The van der Waals surface area contributed by atoms with E-state index >= 15 is 0 Å². The first-order valence-electron chi connectivity index (χ1n) is 8.03. The fraction of sp³-hybridized carbons (Fsp3) is 0.750. The van der Waals surface area contributed by atoms with E-state index in [0.29, 0.717) is 17.8 Å². The van der Waals surface area contributed by atoms with Gasteiger partial charge >= 0.3 is 0 Å². The molecule has 0 aliphatic carbocycles. The molecule has 1 N–H and O–H groups in total. The Labute approximate surface area is 128 Å². The van der Waals surface area contributed by atoms with Crippen LogP contribution in [0.1, 0.15) is 40.5 Å². The standard InChI is InChI=1S/C16H28N4O/c1-12(2)20(11-14-6-5-8-17-10-14)16-18-9-7-15(19-16)21-13(3)4/h7,9,12-14,17H,5-6,8,10-11H2,1-4H3. The van der Waals surface area contributed by atoms with Crippen molar-refractivity contribution < 1.29 is 4.74 Å². The van der Waals surface area contributed by atoms with Crippen molar-refractivity contribution in [3.05, 3.63) is 12.3 Å². The molecule has 0 radical (unpaired) electrons. The van der Waals surface area contributed by atoms with Gasteiger partial charge in [-0.1, -0.05) is 0 Å². The molecular formula is C16H28N4O. The van der Waals surface area contributed by atoms with Crippen LogP contribution in [0.4, 0.5) is 5.95 Å². The minimum absolute atomic E-state index is 0.128. The fourth-order valence-corrected chi connectivity index (χ4v) is 2.66. The maximum Gasteiger partial charge on any atom is 0.228 e. The van der Waals surface area contributed by atoms with E-state index in [-0.39, 0.29) is 6.10 Å². The lowest BCUT2D eigenvalue weighted by Gasteiger charge is -2.33. The van der Waals surface area contributed by atoms with Crippen molar-refractivity contribution in [3.63, 3.8) is 0 Å². The molecule has 1 aromatic heterocycles. The monoisotopic (exact) mass is 292 g/mol. The van der Waals surface area contributed by atoms with Crippen LogP contribution >= 0.6 is 0 Å². The van der Waals surface area contributed by atoms with Gasteiger partial charge < -0.3 is 15.0 Å². The third-order valence-corrected chi connectivity index (χ3v) is 3.71. The van der Waals surface area contributed by atoms with E-state index in [1.54, 1.807) is 6.20 Å². The summed E-state index contributed by atoms with van der Waals surface area (Å²) in [6.45, 7) is 11.6. The Kier molecular flexibility index (Phi) is 5.79. The SMILES string of the molecule is CC(C)Oc1ccnc(N(CC2CCCNC2)C(C)C)n1. The van der Waals surface area contributed by atoms with Gasteiger partial charge in [-0.05, 0) is 59.5 Å². The number of aromatic nitrogens is 2. The quantitative estimate of drug-likeness (QED) is 0.873. The molecule has 0 bridgehead atoms. The summed E-state index contributed by atoms with van der Waals surface area (Å²) in [7, 11) is 0. The van der Waals surface area contributed by atoms with E-state index in [2.05, 4.69) is 34.0 Å². The van der Waals surface area contributed by atoms with Crippen molar-refractivity contribution in [1.29, 1.82) is 0 Å². The van der Waals surface area contributed by atoms with E-state index in [4.69, 9.17) is 4.74 Å². The second-order valence-electron chi connectivity index (χ2n) is 6.32. The third kappa shape index (κ3) is 4.84. The summed E-state index contributed by atoms with van der Waals surface area (Å²) >= 11 is 0. The van der Waals surface area contributed by atoms with Crippen LogP contribution in [0, 0.1) is 5.92 Å². The Morgan fingerprint density at radius 2 is 2.19 bits per heavy atom. The van der Waals surface area contributed by atoms with E-state index in [1.165, 1.54) is 12.8 Å². The van der Waals surface area contributed by atoms with Crippen LogP contribution in [0.5, 0.6) is 5.88 Å². The average molecular weight is 292 g/mol. The first-order valence-corrected chi connectivity index (χ1v) is 8.03. The number of nitrogens with one attached hydrogen (secondary N) is 1. The molecular weight excluding hydrogens is 264 g/mol. The molecule has 1 atom stereocenters. The molecule has 118 valence electrons. The Morgan fingerprint density at radius 1 is 1.38 bits per heavy atom. The number of piperidine rings is 1. The van der Waals surface area contributed by atoms with E-state index in [0.717, 1.165) is 25.6 Å². The third-order valence-electron chi connectivity index (χ3n) is 3.71. The number of hydrogen-bond donors (Lipinski definition) is 1. The van der Waals surface area contributed by atoms with Crippen molar-refractivity contribution >= 4 is 5.95 Å². The maximum absolute atomic E-state index is 5.68. The Morgan fingerprint density at radius 3 is 2.81 bits per heavy atom. The Balaban J connectivity index is 2.09. The summed E-state index contributed by atoms with van der Waals surface area (Å²) in [4.78, 5) is 11.3. The van der Waals surface area contributed by atoms with Gasteiger partial charge in [0.25, 0.3) is 0 Å². The molecule has 2 rings (SSSR count). The second-order valence-corrected chi connectivity index (χ2v) is 6.32. The summed E-state index contributed by atoms with van der Waals surface area (Å²) in [6, 6.07) is 2.20. The van der Waals surface area contributed by atoms with Crippen LogP contribution < -0.4 is 15.0 Å². The molecule has 2 heterocycles. The lowest BCUT2D eigenvalue weighted by Crippen LogP contribution is -2.42. The zero-order chi connectivity index (χ0) is 15.2. The molecule has 0 spiro atoms. The van der Waals surface area contributed by atoms with Gasteiger partial charge in [0.2, 0.25) is 11.8 Å². The molecule has 0 saturated carbocycles. The first-order chi connectivity index (χ1) is 10.1. The number of anilines is 1. The van der Waals surface area contributed by atoms with Gasteiger partial charge in [-0.15, -0.1) is 0 Å². The van der Waals surface area contributed by atoms with Crippen molar-refractivity contribution in [1.82, 2.24) is 15.3 Å². The highest BCUT2D eigenvalue weighted by atomic mass is 16.5. The lowest BCUT2D eigenvalue weighted by molar-refractivity contribution is 0.232. The molecule has 5 nitrogen and oxygen atoms in total. The summed E-state index contributed by atoms with van der Waals surface area (Å²) in [6.07, 6.45) is 4.45. The van der Waals surface area contributed by atoms with Crippen LogP contribution in [0.25, 0.3) is 0 Å². The van der Waals surface area contributed by atoms with E-state index in [9.17, 15) is 0 Å². The highest BCUT2D eigenvalue weighted by Gasteiger charge is 2.21. The molecule has 1 aliphatic heterocycles. The molecule has 1 unspecified atom stereocenters. The zero-order valence-electron chi connectivity index (χ0n) is 13.7. The highest BCUT2D eigenvalue weighted by Crippen LogP contribution is 2.20. The number of nitrogens with zero attached hydrogens (tertiary/aromatic N) is 3. The molecule has 0 amide bonds. The average Bonchev–Trinajstić information content (AvgIpc) is 2.45. The minimum atomic E-state index is 0.128. The minimum Gasteiger partial charge on any atom is -0.475 e. The van der Waals surface area contributed by atoms with E-state index in [1.807, 2.05) is 19.9 Å². The Hall–Kier alpha value is -1.36. The van der Waals surface area contributed by atoms with Gasteiger partial charge in [0.15, 0.2) is 0 Å². The summed E-state index contributed by atoms with van der Waals surface area (Å²) < 4.78 is 5.68. The molecule has 1 aromatic rings. The van der Waals surface area contributed by atoms with Gasteiger partial charge in [0.1, 0.15) is 0 Å². The van der Waals surface area contributed by atoms with Crippen LogP contribution in [0.15, 0.2) is 12.3 Å². The molecule has 1 fully saturated rings. The van der Waals surface area contributed by atoms with Gasteiger partial charge in [-0.25, -0.2) is 4.98 Å². The van der Waals surface area contributed by atoms with Crippen LogP contribution in [-0.2, 0) is 0 Å². The second kappa shape index (κ2) is 7.59. The molecule has 21 heavy (non-hydrogen) atoms. The highest BCUT2D eigenvalue weighted by molar-refractivity contribution is 5.33. The summed E-state index contributed by atoms with van der Waals surface area (Å²) in [5.74, 6) is 2.09. The predicted octanol–water partition coefficient (Wildman–Crippen LogP) is 2.48. The zero-order valence-corrected chi connectivity index (χ0v) is 13.7. The fourth-order valence-electron chi connectivity index (χ4n) is 2.66. The normalized spacial score (nSPS) is 19.0. The Bertz CT molecular complexity index is 430. The number of ether oxygens (including phenoxy) is 1. The van der Waals surface area contributed by atoms with Gasteiger partial charge in [0.05, 0.1) is 6.10 Å². The first kappa shape index (κ1) is 16.0. The smallest absolute Gasteiger partial charge is 0.228 e. The number of hydrogen-bond acceptors (Lipinski definition) is 5. The van der Waals surface area contributed by atoms with Gasteiger partial charge in [-0.3, -0.25) is 0 Å². The molecule has 1 saturated heterocycles. The van der Waals surface area contributed by atoms with Gasteiger partial charge in [-0.2, -0.15) is 4.98 Å². The van der Waals surface area contributed by atoms with Crippen molar-refractivity contribution in [2.24, 2.45) is 5.92 Å². The lowest BCUT2D eigenvalue weighted by atomic mass is 9.99. The van der Waals surface area contributed by atoms with Crippen molar-refractivity contribution in [2.45, 2.75) is 52.7 Å². The molecule has 5 heteroatoms. The van der Waals surface area contributed by atoms with Crippen LogP contribution in [0.2, 0.25) is 0 Å². The van der Waals surface area contributed by atoms with Crippen molar-refractivity contribution in [2.75, 3.05) is 24.5 Å². The molecule has 0 aromatic carbocycles. The largest absolute Gasteiger partial charge is 0.475 e. The maximum atomic E-state index is 5.68. The predicted molar refractivity (Wildman–Crippen MR) is 85.9 cm³/mol. The summed E-state index contributed by atoms with van der Waals surface area (Å²) in [5, 5.41) is 3.48. The molecule has 1 aliphatic rings. The van der Waals surface area contributed by atoms with Crippen molar-refractivity contribution in [3.8, 4) is 5.88 Å². The topological polar surface area (TPSA) is 50.3 Å². The van der Waals surface area contributed by atoms with Crippen LogP contribution in [0.3, 0.4) is 0 Å². The summed E-state index contributed by atoms with van der Waals surface area (Å²) in [5.41, 5.74) is 0.